The molecule has 0 rings (SSSR count). The molecule has 5 heteroatoms. The first-order valence-corrected chi connectivity index (χ1v) is 13.3. The van der Waals surface area contributed by atoms with Gasteiger partial charge in [-0.3, -0.25) is 0 Å². The zero-order valence-electron chi connectivity index (χ0n) is 18.9. The van der Waals surface area contributed by atoms with E-state index in [0.29, 0.717) is 0 Å². The van der Waals surface area contributed by atoms with Crippen molar-refractivity contribution in [3.63, 3.8) is 0 Å². The Morgan fingerprint density at radius 3 is 1.00 bits per heavy atom. The maximum atomic E-state index is 5.46. The Bertz CT molecular complexity index is 277. The average Bonchev–Trinajstić information content (AvgIpc) is 2.70. The van der Waals surface area contributed by atoms with Gasteiger partial charge < -0.3 is 18.0 Å². The van der Waals surface area contributed by atoms with Crippen LogP contribution in [-0.2, 0) is 18.0 Å². The fraction of sp³-hybridized carbons (Fsp3) is 1.00. The van der Waals surface area contributed by atoms with Crippen LogP contribution in [-0.4, -0.2) is 43.9 Å². The monoisotopic (exact) mass is 404 g/mol. The molecule has 0 saturated heterocycles. The number of hydrogen-bond acceptors (Lipinski definition) is 4. The third kappa shape index (κ3) is 16.7. The van der Waals surface area contributed by atoms with E-state index in [0.717, 1.165) is 19.1 Å². The fourth-order valence-electron chi connectivity index (χ4n) is 3.62. The van der Waals surface area contributed by atoms with Gasteiger partial charge in [0.25, 0.3) is 0 Å². The normalized spacial score (nSPS) is 12.0. The highest BCUT2D eigenvalue weighted by Crippen LogP contribution is 2.19. The summed E-state index contributed by atoms with van der Waals surface area (Å²) in [5.74, 6) is 0. The minimum absolute atomic E-state index is 0.928. The van der Waals surface area contributed by atoms with E-state index in [4.69, 9.17) is 18.0 Å². The van der Waals surface area contributed by atoms with E-state index in [1.54, 1.807) is 28.4 Å². The van der Waals surface area contributed by atoms with Crippen molar-refractivity contribution in [3.8, 4) is 0 Å². The maximum Gasteiger partial charge on any atom is 0.500 e. The molecule has 0 heterocycles. The van der Waals surface area contributed by atoms with Gasteiger partial charge in [0.1, 0.15) is 0 Å². The van der Waals surface area contributed by atoms with Crippen molar-refractivity contribution in [2.24, 2.45) is 0 Å². The summed E-state index contributed by atoms with van der Waals surface area (Å²) in [6.45, 7) is 0.928. The molecule has 0 aliphatic carbocycles. The summed E-state index contributed by atoms with van der Waals surface area (Å²) in [7, 11) is 4.55. The highest BCUT2D eigenvalue weighted by Gasteiger charge is 2.36. The molecule has 0 amide bonds. The molecule has 0 fully saturated rings. The summed E-state index contributed by atoms with van der Waals surface area (Å²) in [5.41, 5.74) is 0. The van der Waals surface area contributed by atoms with E-state index < -0.39 is 8.80 Å². The Labute approximate surface area is 171 Å². The second-order valence-corrected chi connectivity index (χ2v) is 10.8. The summed E-state index contributed by atoms with van der Waals surface area (Å²) in [5, 5.41) is 0. The zero-order chi connectivity index (χ0) is 20.1. The smallest absolute Gasteiger partial charge is 0.385 e. The van der Waals surface area contributed by atoms with Gasteiger partial charge in [-0.1, -0.05) is 89.9 Å². The Hall–Kier alpha value is 0.0569. The van der Waals surface area contributed by atoms with Gasteiger partial charge in [-0.15, -0.1) is 0 Å². The lowest BCUT2D eigenvalue weighted by Gasteiger charge is -2.24. The maximum absolute atomic E-state index is 5.46. The van der Waals surface area contributed by atoms with Gasteiger partial charge in [-0.2, -0.15) is 0 Å². The van der Waals surface area contributed by atoms with Gasteiger partial charge in [-0.05, 0) is 12.8 Å². The van der Waals surface area contributed by atoms with Crippen molar-refractivity contribution in [1.82, 2.24) is 0 Å². The second-order valence-electron chi connectivity index (χ2n) is 7.70. The lowest BCUT2D eigenvalue weighted by molar-refractivity contribution is 0.122. The number of hydrogen-bond donors (Lipinski definition) is 0. The predicted molar refractivity (Wildman–Crippen MR) is 117 cm³/mol. The molecule has 0 unspecified atom stereocenters. The first kappa shape index (κ1) is 27.1. The first-order chi connectivity index (χ1) is 13.2. The zero-order valence-corrected chi connectivity index (χ0v) is 19.9. The second kappa shape index (κ2) is 20.8. The lowest BCUT2D eigenvalue weighted by atomic mass is 10.0. The van der Waals surface area contributed by atoms with Crippen molar-refractivity contribution in [3.05, 3.63) is 0 Å². The summed E-state index contributed by atoms with van der Waals surface area (Å²) < 4.78 is 21.5. The van der Waals surface area contributed by atoms with E-state index in [1.807, 2.05) is 0 Å². The number of unbranched alkanes of at least 4 members (excludes halogenated alkanes) is 15. The van der Waals surface area contributed by atoms with Crippen LogP contribution in [0.1, 0.15) is 103 Å². The Kier molecular flexibility index (Phi) is 20.8. The van der Waals surface area contributed by atoms with Crippen LogP contribution < -0.4 is 0 Å². The molecule has 0 bridgehead atoms. The van der Waals surface area contributed by atoms with Gasteiger partial charge in [-0.25, -0.2) is 0 Å². The van der Waals surface area contributed by atoms with Gasteiger partial charge in [0.15, 0.2) is 0 Å². The topological polar surface area (TPSA) is 36.9 Å². The third-order valence-corrected chi connectivity index (χ3v) is 8.35. The van der Waals surface area contributed by atoms with Crippen LogP contribution in [0.4, 0.5) is 0 Å². The van der Waals surface area contributed by atoms with Crippen LogP contribution in [0.3, 0.4) is 0 Å². The third-order valence-electron chi connectivity index (χ3n) is 5.51. The van der Waals surface area contributed by atoms with Crippen LogP contribution in [0, 0.1) is 0 Å². The largest absolute Gasteiger partial charge is 0.500 e. The van der Waals surface area contributed by atoms with Crippen molar-refractivity contribution >= 4 is 8.80 Å². The molecule has 4 nitrogen and oxygen atoms in total. The Balaban J connectivity index is 3.19. The van der Waals surface area contributed by atoms with E-state index in [-0.39, 0.29) is 0 Å². The van der Waals surface area contributed by atoms with Gasteiger partial charge in [0.2, 0.25) is 0 Å². The van der Waals surface area contributed by atoms with Gasteiger partial charge in [0.05, 0.1) is 0 Å². The highest BCUT2D eigenvalue weighted by molar-refractivity contribution is 6.60. The lowest BCUT2D eigenvalue weighted by Crippen LogP contribution is -2.42. The van der Waals surface area contributed by atoms with Crippen LogP contribution in [0.15, 0.2) is 0 Å². The first-order valence-electron chi connectivity index (χ1n) is 11.4. The minimum atomic E-state index is -2.33. The van der Waals surface area contributed by atoms with E-state index >= 15 is 0 Å². The van der Waals surface area contributed by atoms with Gasteiger partial charge >= 0.3 is 8.80 Å². The minimum Gasteiger partial charge on any atom is -0.385 e. The molecule has 0 aromatic rings. The van der Waals surface area contributed by atoms with Crippen LogP contribution in [0.5, 0.6) is 0 Å². The fourth-order valence-corrected chi connectivity index (χ4v) is 5.41. The van der Waals surface area contributed by atoms with E-state index in [1.165, 1.54) is 96.3 Å². The molecule has 0 aliphatic heterocycles. The highest BCUT2D eigenvalue weighted by atomic mass is 28.4. The van der Waals surface area contributed by atoms with Crippen LogP contribution in [0.25, 0.3) is 0 Å². The summed E-state index contributed by atoms with van der Waals surface area (Å²) >= 11 is 0. The van der Waals surface area contributed by atoms with Gasteiger partial charge in [0, 0.05) is 41.1 Å². The molecule has 0 N–H and O–H groups in total. The standard InChI is InChI=1S/C22H48O4Si/c1-23-21-19-17-15-13-11-9-7-5-6-8-10-12-14-16-18-20-22-27(24-2,25-3)26-4/h5-22H2,1-4H3. The molecular formula is C22H48O4Si. The number of methoxy groups -OCH3 is 1. The Morgan fingerprint density at radius 2 is 0.704 bits per heavy atom. The van der Waals surface area contributed by atoms with E-state index in [2.05, 4.69) is 0 Å². The van der Waals surface area contributed by atoms with Crippen LogP contribution >= 0.6 is 0 Å². The molecule has 0 radical (unpaired) electrons. The molecule has 0 atom stereocenters. The quantitative estimate of drug-likeness (QED) is 0.148. The molecule has 0 spiro atoms. The molecular weight excluding hydrogens is 356 g/mol. The van der Waals surface area contributed by atoms with Crippen molar-refractivity contribution in [2.75, 3.05) is 35.0 Å². The predicted octanol–water partition coefficient (Wildman–Crippen LogP) is 6.75. The molecule has 164 valence electrons. The SMILES string of the molecule is COCCCCCCCCCCCCCCCCCC[Si](OC)(OC)OC. The van der Waals surface area contributed by atoms with E-state index in [9.17, 15) is 0 Å². The summed E-state index contributed by atoms with van der Waals surface area (Å²) in [4.78, 5) is 0. The average molecular weight is 405 g/mol. The molecule has 27 heavy (non-hydrogen) atoms. The number of ether oxygens (including phenoxy) is 1. The molecule has 0 aromatic heterocycles. The van der Waals surface area contributed by atoms with Crippen molar-refractivity contribution in [2.45, 2.75) is 109 Å². The molecule has 0 aromatic carbocycles. The summed E-state index contributed by atoms with van der Waals surface area (Å²) in [6, 6.07) is 0.934. The summed E-state index contributed by atoms with van der Waals surface area (Å²) in [6.07, 6.45) is 21.8. The number of rotatable bonds is 22. The van der Waals surface area contributed by atoms with Crippen molar-refractivity contribution in [1.29, 1.82) is 0 Å². The van der Waals surface area contributed by atoms with Crippen LogP contribution in [0.2, 0.25) is 6.04 Å². The molecule has 0 saturated carbocycles. The van der Waals surface area contributed by atoms with Crippen molar-refractivity contribution < 1.29 is 18.0 Å². The Morgan fingerprint density at radius 1 is 0.407 bits per heavy atom. The molecule has 0 aliphatic rings.